The van der Waals surface area contributed by atoms with Crippen LogP contribution in [0.25, 0.3) is 0 Å². The molecule has 0 unspecified atom stereocenters. The van der Waals surface area contributed by atoms with Crippen molar-refractivity contribution >= 4 is 56.4 Å². The number of rotatable bonds is 6. The Balaban J connectivity index is 1.61. The Morgan fingerprint density at radius 1 is 0.846 bits per heavy atom. The van der Waals surface area contributed by atoms with Gasteiger partial charge in [-0.15, -0.1) is 0 Å². The number of benzene rings is 3. The monoisotopic (exact) mass is 469 g/mol. The molecule has 26 heavy (non-hydrogen) atoms. The summed E-state index contributed by atoms with van der Waals surface area (Å²) in [4.78, 5) is 0. The van der Waals surface area contributed by atoms with Gasteiger partial charge in [0.2, 0.25) is 0 Å². The highest BCUT2D eigenvalue weighted by Crippen LogP contribution is 2.29. The van der Waals surface area contributed by atoms with Crippen molar-refractivity contribution in [3.05, 3.63) is 91.3 Å². The van der Waals surface area contributed by atoms with Gasteiger partial charge in [-0.25, -0.2) is 0 Å². The van der Waals surface area contributed by atoms with Crippen LogP contribution in [0.1, 0.15) is 11.1 Å². The Bertz CT molecular complexity index is 917. The number of hydrogen-bond acceptors (Lipinski definition) is 2. The van der Waals surface area contributed by atoms with Gasteiger partial charge in [-0.3, -0.25) is 0 Å². The highest BCUT2D eigenvalue weighted by Gasteiger charge is 2.06. The Morgan fingerprint density at radius 2 is 1.65 bits per heavy atom. The zero-order valence-corrected chi connectivity index (χ0v) is 17.5. The molecule has 3 aromatic rings. The molecule has 0 saturated carbocycles. The summed E-state index contributed by atoms with van der Waals surface area (Å²) in [5.74, 6) is 0.767. The number of halogens is 4. The van der Waals surface area contributed by atoms with Gasteiger partial charge in [0, 0.05) is 22.8 Å². The summed E-state index contributed by atoms with van der Waals surface area (Å²) in [5.41, 5.74) is 2.97. The maximum absolute atomic E-state index is 6.16. The fraction of sp³-hybridized carbons (Fsp3) is 0.100. The normalized spacial score (nSPS) is 10.6. The van der Waals surface area contributed by atoms with Crippen molar-refractivity contribution in [2.24, 2.45) is 0 Å². The van der Waals surface area contributed by atoms with Gasteiger partial charge in [-0.1, -0.05) is 59.1 Å². The van der Waals surface area contributed by atoms with Crippen molar-refractivity contribution in [1.82, 2.24) is 0 Å². The molecule has 0 saturated heterocycles. The summed E-state index contributed by atoms with van der Waals surface area (Å²) in [6.45, 7) is 1.07. The third-order valence-corrected chi connectivity index (χ3v) is 5.48. The lowest BCUT2D eigenvalue weighted by molar-refractivity contribution is 0.304. The fourth-order valence-corrected chi connectivity index (χ4v) is 3.38. The van der Waals surface area contributed by atoms with Crippen LogP contribution >= 0.6 is 50.7 Å². The lowest BCUT2D eigenvalue weighted by Crippen LogP contribution is -2.01. The van der Waals surface area contributed by atoms with Crippen LogP contribution in [-0.4, -0.2) is 0 Å². The molecule has 6 heteroatoms. The summed E-state index contributed by atoms with van der Waals surface area (Å²) in [6.07, 6.45) is 0. The van der Waals surface area contributed by atoms with E-state index in [1.165, 1.54) is 0 Å². The zero-order chi connectivity index (χ0) is 18.5. The highest BCUT2D eigenvalue weighted by atomic mass is 79.9. The second-order valence-electron chi connectivity index (χ2n) is 5.63. The number of anilines is 1. The fourth-order valence-electron chi connectivity index (χ4n) is 2.35. The minimum atomic E-state index is 0.416. The predicted molar refractivity (Wildman–Crippen MR) is 114 cm³/mol. The molecule has 0 aliphatic heterocycles. The maximum atomic E-state index is 6.16. The van der Waals surface area contributed by atoms with Crippen LogP contribution < -0.4 is 10.1 Å². The van der Waals surface area contributed by atoms with Crippen LogP contribution in [0.3, 0.4) is 0 Å². The number of hydrogen-bond donors (Lipinski definition) is 1. The van der Waals surface area contributed by atoms with Crippen LogP contribution in [0, 0.1) is 0 Å². The van der Waals surface area contributed by atoms with Crippen LogP contribution in [0.5, 0.6) is 5.75 Å². The van der Waals surface area contributed by atoms with E-state index in [-0.39, 0.29) is 0 Å². The summed E-state index contributed by atoms with van der Waals surface area (Å²) in [5, 5.41) is 5.09. The van der Waals surface area contributed by atoms with E-state index in [2.05, 4.69) is 21.2 Å². The highest BCUT2D eigenvalue weighted by molar-refractivity contribution is 9.10. The van der Waals surface area contributed by atoms with E-state index in [4.69, 9.17) is 39.5 Å². The SMILES string of the molecule is Clc1ccc(NCc2ccc(OCc3ccccc3Cl)c(Br)c2)cc1Cl. The largest absolute Gasteiger partial charge is 0.488 e. The van der Waals surface area contributed by atoms with E-state index in [1.54, 1.807) is 12.1 Å². The molecular formula is C20H15BrCl3NO. The average molecular weight is 472 g/mol. The molecule has 0 spiro atoms. The number of ether oxygens (including phenoxy) is 1. The topological polar surface area (TPSA) is 21.3 Å². The summed E-state index contributed by atoms with van der Waals surface area (Å²) < 4.78 is 6.75. The third-order valence-electron chi connectivity index (χ3n) is 3.75. The molecular weight excluding hydrogens is 456 g/mol. The van der Waals surface area contributed by atoms with Gasteiger partial charge in [0.1, 0.15) is 12.4 Å². The van der Waals surface area contributed by atoms with Crippen molar-refractivity contribution in [2.75, 3.05) is 5.32 Å². The van der Waals surface area contributed by atoms with Gasteiger partial charge in [0.05, 0.1) is 14.5 Å². The van der Waals surface area contributed by atoms with Crippen molar-refractivity contribution in [3.8, 4) is 5.75 Å². The van der Waals surface area contributed by atoms with Gasteiger partial charge in [0.15, 0.2) is 0 Å². The quantitative estimate of drug-likeness (QED) is 0.400. The molecule has 3 aromatic carbocycles. The first-order valence-electron chi connectivity index (χ1n) is 7.86. The predicted octanol–water partition coefficient (Wildman–Crippen LogP) is 7.60. The van der Waals surface area contributed by atoms with Gasteiger partial charge in [-0.05, 0) is 57.9 Å². The molecule has 0 aromatic heterocycles. The van der Waals surface area contributed by atoms with Gasteiger partial charge in [0.25, 0.3) is 0 Å². The molecule has 0 amide bonds. The first kappa shape index (κ1) is 19.4. The van der Waals surface area contributed by atoms with Crippen LogP contribution in [0.2, 0.25) is 15.1 Å². The summed E-state index contributed by atoms with van der Waals surface area (Å²) >= 11 is 21.7. The average Bonchev–Trinajstić information content (AvgIpc) is 2.63. The van der Waals surface area contributed by atoms with Crippen LogP contribution in [0.4, 0.5) is 5.69 Å². The molecule has 134 valence electrons. The molecule has 3 rings (SSSR count). The van der Waals surface area contributed by atoms with Crippen molar-refractivity contribution in [2.45, 2.75) is 13.2 Å². The standard InChI is InChI=1S/C20H15BrCl3NO/c21-16-9-13(11-25-15-6-7-18(23)19(24)10-15)5-8-20(16)26-12-14-3-1-2-4-17(14)22/h1-10,25H,11-12H2. The second-order valence-corrected chi connectivity index (χ2v) is 7.70. The molecule has 0 heterocycles. The Labute approximate surface area is 176 Å². The van der Waals surface area contributed by atoms with Crippen LogP contribution in [0.15, 0.2) is 65.1 Å². The zero-order valence-electron chi connectivity index (χ0n) is 13.6. The van der Waals surface area contributed by atoms with E-state index in [0.717, 1.165) is 27.0 Å². The molecule has 2 nitrogen and oxygen atoms in total. The summed E-state index contributed by atoms with van der Waals surface area (Å²) in [6, 6.07) is 19.1. The Kier molecular flexibility index (Phi) is 6.71. The first-order chi connectivity index (χ1) is 12.5. The number of nitrogens with one attached hydrogen (secondary N) is 1. The molecule has 0 radical (unpaired) electrons. The van der Waals surface area contributed by atoms with Gasteiger partial charge < -0.3 is 10.1 Å². The van der Waals surface area contributed by atoms with E-state index < -0.39 is 0 Å². The molecule has 0 aliphatic rings. The minimum absolute atomic E-state index is 0.416. The first-order valence-corrected chi connectivity index (χ1v) is 9.79. The lowest BCUT2D eigenvalue weighted by atomic mass is 10.2. The van der Waals surface area contributed by atoms with Gasteiger partial charge in [-0.2, -0.15) is 0 Å². The minimum Gasteiger partial charge on any atom is -0.488 e. The molecule has 0 aliphatic carbocycles. The van der Waals surface area contributed by atoms with Crippen molar-refractivity contribution in [1.29, 1.82) is 0 Å². The Hall–Kier alpha value is -1.39. The second kappa shape index (κ2) is 9.01. The molecule has 1 N–H and O–H groups in total. The van der Waals surface area contributed by atoms with Crippen molar-refractivity contribution < 1.29 is 4.74 Å². The van der Waals surface area contributed by atoms with Gasteiger partial charge >= 0.3 is 0 Å². The van der Waals surface area contributed by atoms with Crippen LogP contribution in [-0.2, 0) is 13.2 Å². The smallest absolute Gasteiger partial charge is 0.134 e. The Morgan fingerprint density at radius 3 is 2.38 bits per heavy atom. The van der Waals surface area contributed by atoms with E-state index in [9.17, 15) is 0 Å². The molecule has 0 bridgehead atoms. The van der Waals surface area contributed by atoms with E-state index >= 15 is 0 Å². The van der Waals surface area contributed by atoms with Crippen molar-refractivity contribution in [3.63, 3.8) is 0 Å². The molecule has 0 fully saturated rings. The lowest BCUT2D eigenvalue weighted by Gasteiger charge is -2.12. The van der Waals surface area contributed by atoms with E-state index in [0.29, 0.717) is 28.2 Å². The molecule has 0 atom stereocenters. The summed E-state index contributed by atoms with van der Waals surface area (Å²) in [7, 11) is 0. The maximum Gasteiger partial charge on any atom is 0.134 e. The van der Waals surface area contributed by atoms with E-state index in [1.807, 2.05) is 48.5 Å². The third kappa shape index (κ3) is 5.08.